The van der Waals surface area contributed by atoms with Crippen LogP contribution in [-0.2, 0) is 10.3 Å². The second-order valence-electron chi connectivity index (χ2n) is 5.68. The van der Waals surface area contributed by atoms with Gasteiger partial charge in [0.05, 0.1) is 13.2 Å². The quantitative estimate of drug-likeness (QED) is 0.886. The molecule has 0 radical (unpaired) electrons. The van der Waals surface area contributed by atoms with Crippen LogP contribution in [0, 0.1) is 11.6 Å². The van der Waals surface area contributed by atoms with Crippen LogP contribution in [0.4, 0.5) is 8.78 Å². The number of ether oxygens (including phenoxy) is 1. The average molecular weight is 356 g/mol. The van der Waals surface area contributed by atoms with Crippen molar-refractivity contribution in [3.05, 3.63) is 71.3 Å². The zero-order valence-corrected chi connectivity index (χ0v) is 13.9. The van der Waals surface area contributed by atoms with Gasteiger partial charge < -0.3 is 15.2 Å². The van der Waals surface area contributed by atoms with Crippen molar-refractivity contribution in [2.75, 3.05) is 26.3 Å². The summed E-state index contributed by atoms with van der Waals surface area (Å²) in [6, 6.07) is 12.8. The van der Waals surface area contributed by atoms with Crippen LogP contribution in [0.1, 0.15) is 17.0 Å². The molecule has 0 aromatic heterocycles. The van der Waals surface area contributed by atoms with Gasteiger partial charge in [-0.1, -0.05) is 36.4 Å². The Kier molecular flexibility index (Phi) is 6.29. The van der Waals surface area contributed by atoms with E-state index < -0.39 is 23.2 Å². The van der Waals surface area contributed by atoms with E-state index in [1.165, 1.54) is 12.1 Å². The summed E-state index contributed by atoms with van der Waals surface area (Å²) in [7, 11) is 0. The second-order valence-corrected chi connectivity index (χ2v) is 5.68. The van der Waals surface area contributed by atoms with Gasteiger partial charge in [-0.05, 0) is 11.6 Å². The van der Waals surface area contributed by atoms with Gasteiger partial charge in [-0.25, -0.2) is 8.78 Å². The minimum atomic E-state index is -1.08. The Bertz CT molecular complexity index is 663. The fourth-order valence-electron chi connectivity index (χ4n) is 3.26. The molecule has 3 nitrogen and oxygen atoms in total. The SMILES string of the molecule is Cl.OCC(c1ccccc1)C1(c2ccc(F)cc2F)CNCCO1. The number of hydrogen-bond acceptors (Lipinski definition) is 3. The third-order valence-corrected chi connectivity index (χ3v) is 4.36. The summed E-state index contributed by atoms with van der Waals surface area (Å²) in [6.07, 6.45) is 0. The van der Waals surface area contributed by atoms with E-state index in [2.05, 4.69) is 5.32 Å². The molecule has 0 spiro atoms. The smallest absolute Gasteiger partial charge is 0.132 e. The van der Waals surface area contributed by atoms with E-state index in [1.54, 1.807) is 0 Å². The van der Waals surface area contributed by atoms with Crippen LogP contribution in [0.3, 0.4) is 0 Å². The number of rotatable bonds is 4. The Hall–Kier alpha value is -1.53. The van der Waals surface area contributed by atoms with Gasteiger partial charge in [0.2, 0.25) is 0 Å². The molecule has 24 heavy (non-hydrogen) atoms. The standard InChI is InChI=1S/C18H19F2NO2.ClH/c19-14-6-7-15(17(20)10-14)18(12-21-8-9-23-18)16(11-22)13-4-2-1-3-5-13;/h1-7,10,16,21-22H,8-9,11-12H2;1H. The molecule has 2 aromatic carbocycles. The Morgan fingerprint density at radius 1 is 1.17 bits per heavy atom. The van der Waals surface area contributed by atoms with Crippen molar-refractivity contribution in [2.24, 2.45) is 0 Å². The molecule has 1 heterocycles. The molecule has 0 aliphatic carbocycles. The summed E-state index contributed by atoms with van der Waals surface area (Å²) in [4.78, 5) is 0. The molecule has 2 unspecified atom stereocenters. The summed E-state index contributed by atoms with van der Waals surface area (Å²) in [5, 5.41) is 13.2. The molecule has 0 saturated carbocycles. The van der Waals surface area contributed by atoms with Crippen LogP contribution in [0.25, 0.3) is 0 Å². The van der Waals surface area contributed by atoms with Crippen molar-refractivity contribution in [1.29, 1.82) is 0 Å². The molecular weight excluding hydrogens is 336 g/mol. The Morgan fingerprint density at radius 2 is 1.92 bits per heavy atom. The van der Waals surface area contributed by atoms with E-state index in [9.17, 15) is 13.9 Å². The van der Waals surface area contributed by atoms with Crippen molar-refractivity contribution < 1.29 is 18.6 Å². The topological polar surface area (TPSA) is 41.5 Å². The maximum atomic E-state index is 14.5. The molecule has 2 N–H and O–H groups in total. The maximum Gasteiger partial charge on any atom is 0.132 e. The first-order valence-corrected chi connectivity index (χ1v) is 7.63. The highest BCUT2D eigenvalue weighted by atomic mass is 35.5. The molecule has 1 fully saturated rings. The first-order valence-electron chi connectivity index (χ1n) is 7.63. The third kappa shape index (κ3) is 3.44. The summed E-state index contributed by atoms with van der Waals surface area (Å²) >= 11 is 0. The summed E-state index contributed by atoms with van der Waals surface area (Å²) in [5.41, 5.74) is 0.0306. The second kappa shape index (κ2) is 8.03. The summed E-state index contributed by atoms with van der Waals surface area (Å²) < 4.78 is 33.8. The molecular formula is C18H20ClF2NO2. The number of benzene rings is 2. The lowest BCUT2D eigenvalue weighted by molar-refractivity contribution is -0.101. The highest BCUT2D eigenvalue weighted by Gasteiger charge is 2.45. The highest BCUT2D eigenvalue weighted by Crippen LogP contribution is 2.42. The number of hydrogen-bond donors (Lipinski definition) is 2. The largest absolute Gasteiger partial charge is 0.396 e. The highest BCUT2D eigenvalue weighted by molar-refractivity contribution is 5.85. The van der Waals surface area contributed by atoms with E-state index >= 15 is 0 Å². The van der Waals surface area contributed by atoms with E-state index in [0.717, 1.165) is 11.6 Å². The van der Waals surface area contributed by atoms with Crippen LogP contribution < -0.4 is 5.32 Å². The number of aliphatic hydroxyl groups is 1. The lowest BCUT2D eigenvalue weighted by Crippen LogP contribution is -2.52. The number of aliphatic hydroxyl groups excluding tert-OH is 1. The van der Waals surface area contributed by atoms with Gasteiger partial charge in [0, 0.05) is 30.6 Å². The van der Waals surface area contributed by atoms with Crippen LogP contribution in [0.15, 0.2) is 48.5 Å². The Balaban J connectivity index is 0.00000208. The molecule has 2 aromatic rings. The third-order valence-electron chi connectivity index (χ3n) is 4.36. The lowest BCUT2D eigenvalue weighted by Gasteiger charge is -2.43. The molecule has 6 heteroatoms. The van der Waals surface area contributed by atoms with Crippen molar-refractivity contribution in [3.8, 4) is 0 Å². The van der Waals surface area contributed by atoms with Crippen molar-refractivity contribution in [2.45, 2.75) is 11.5 Å². The van der Waals surface area contributed by atoms with Gasteiger partial charge in [-0.3, -0.25) is 0 Å². The van der Waals surface area contributed by atoms with E-state index in [1.807, 2.05) is 30.3 Å². The van der Waals surface area contributed by atoms with Crippen LogP contribution in [-0.4, -0.2) is 31.4 Å². The van der Waals surface area contributed by atoms with Gasteiger partial charge in [-0.2, -0.15) is 0 Å². The molecule has 1 aliphatic heterocycles. The van der Waals surface area contributed by atoms with Gasteiger partial charge in [0.15, 0.2) is 0 Å². The molecule has 1 aliphatic rings. The molecule has 130 valence electrons. The molecule has 2 atom stereocenters. The first kappa shape index (κ1) is 18.8. The molecule has 0 bridgehead atoms. The van der Waals surface area contributed by atoms with Crippen LogP contribution in [0.2, 0.25) is 0 Å². The number of morpholine rings is 1. The Morgan fingerprint density at radius 3 is 2.50 bits per heavy atom. The van der Waals surface area contributed by atoms with Gasteiger partial charge >= 0.3 is 0 Å². The number of halogens is 3. The van der Waals surface area contributed by atoms with Crippen molar-refractivity contribution >= 4 is 12.4 Å². The zero-order chi connectivity index (χ0) is 16.3. The maximum absolute atomic E-state index is 14.5. The van der Waals surface area contributed by atoms with Crippen molar-refractivity contribution in [3.63, 3.8) is 0 Å². The normalized spacial score (nSPS) is 21.8. The fraction of sp³-hybridized carbons (Fsp3) is 0.333. The van der Waals surface area contributed by atoms with Crippen molar-refractivity contribution in [1.82, 2.24) is 5.32 Å². The zero-order valence-electron chi connectivity index (χ0n) is 13.0. The fourth-order valence-corrected chi connectivity index (χ4v) is 3.26. The Labute approximate surface area is 146 Å². The summed E-state index contributed by atoms with van der Waals surface area (Å²) in [6.45, 7) is 1.18. The predicted molar refractivity (Wildman–Crippen MR) is 90.4 cm³/mol. The van der Waals surface area contributed by atoms with Gasteiger partial charge in [0.25, 0.3) is 0 Å². The van der Waals surface area contributed by atoms with E-state index in [4.69, 9.17) is 4.74 Å². The number of nitrogens with one attached hydrogen (secondary N) is 1. The van der Waals surface area contributed by atoms with Gasteiger partial charge in [0.1, 0.15) is 17.2 Å². The van der Waals surface area contributed by atoms with Crippen LogP contribution >= 0.6 is 12.4 Å². The lowest BCUT2D eigenvalue weighted by atomic mass is 9.76. The predicted octanol–water partition coefficient (Wildman–Crippen LogP) is 2.98. The van der Waals surface area contributed by atoms with Crippen LogP contribution in [0.5, 0.6) is 0 Å². The summed E-state index contributed by atoms with van der Waals surface area (Å²) in [5.74, 6) is -1.76. The first-order chi connectivity index (χ1) is 11.2. The minimum Gasteiger partial charge on any atom is -0.396 e. The van der Waals surface area contributed by atoms with Gasteiger partial charge in [-0.15, -0.1) is 12.4 Å². The molecule has 1 saturated heterocycles. The monoisotopic (exact) mass is 355 g/mol. The molecule has 3 rings (SSSR count). The average Bonchev–Trinajstić information content (AvgIpc) is 2.57. The van der Waals surface area contributed by atoms with E-state index in [-0.39, 0.29) is 24.6 Å². The van der Waals surface area contributed by atoms with E-state index in [0.29, 0.717) is 19.7 Å². The minimum absolute atomic E-state index is 0. The molecule has 0 amide bonds.